The number of carbonyl (C=O) groups excluding carboxylic acids is 1. The fourth-order valence-corrected chi connectivity index (χ4v) is 4.07. The molecule has 0 spiro atoms. The van der Waals surface area contributed by atoms with Gasteiger partial charge in [-0.2, -0.15) is 0 Å². The number of benzene rings is 3. The Morgan fingerprint density at radius 3 is 2.05 bits per heavy atom. The summed E-state index contributed by atoms with van der Waals surface area (Å²) >= 11 is 0. The number of hydrogen-bond donors (Lipinski definition) is 2. The third kappa shape index (κ3) is 10.2. The fourth-order valence-electron chi connectivity index (χ4n) is 4.07. The van der Waals surface area contributed by atoms with Crippen LogP contribution in [-0.4, -0.2) is 28.8 Å². The lowest BCUT2D eigenvalue weighted by Gasteiger charge is -2.25. The van der Waals surface area contributed by atoms with Crippen LogP contribution in [0.4, 0.5) is 9.18 Å². The average molecular weight is 522 g/mol. The van der Waals surface area contributed by atoms with Gasteiger partial charge in [-0.15, -0.1) is 0 Å². The number of carboxylic acids is 1. The van der Waals surface area contributed by atoms with Crippen LogP contribution in [0.15, 0.2) is 78.9 Å². The molecule has 0 fully saturated rings. The molecule has 3 aromatic rings. The van der Waals surface area contributed by atoms with Crippen molar-refractivity contribution in [1.82, 2.24) is 5.32 Å². The maximum atomic E-state index is 13.3. The summed E-state index contributed by atoms with van der Waals surface area (Å²) in [5.41, 5.74) is 2.15. The Labute approximate surface area is 223 Å². The second kappa shape index (κ2) is 13.6. The van der Waals surface area contributed by atoms with Crippen LogP contribution < -0.4 is 10.1 Å². The molecule has 0 aliphatic carbocycles. The van der Waals surface area contributed by atoms with Gasteiger partial charge >= 0.3 is 12.1 Å². The first-order valence-corrected chi connectivity index (χ1v) is 12.8. The number of halogens is 1. The molecule has 1 amide bonds. The topological polar surface area (TPSA) is 84.9 Å². The van der Waals surface area contributed by atoms with Crippen molar-refractivity contribution >= 4 is 12.1 Å². The number of alkyl carbamates (subject to hydrolysis) is 1. The molecular formula is C31H36FNO5. The van der Waals surface area contributed by atoms with Crippen molar-refractivity contribution in [2.75, 3.05) is 0 Å². The zero-order chi connectivity index (χ0) is 27.5. The predicted octanol–water partition coefficient (Wildman–Crippen LogP) is 6.56. The summed E-state index contributed by atoms with van der Waals surface area (Å²) in [7, 11) is 0. The fraction of sp³-hybridized carbons (Fsp3) is 0.355. The molecular weight excluding hydrogens is 485 g/mol. The molecule has 0 saturated carbocycles. The van der Waals surface area contributed by atoms with Crippen molar-refractivity contribution in [1.29, 1.82) is 0 Å². The lowest BCUT2D eigenvalue weighted by Crippen LogP contribution is -2.40. The minimum Gasteiger partial charge on any atom is -0.489 e. The molecule has 0 radical (unpaired) electrons. The maximum absolute atomic E-state index is 13.3. The Morgan fingerprint density at radius 1 is 0.842 bits per heavy atom. The summed E-state index contributed by atoms with van der Waals surface area (Å²) in [6.45, 7) is 5.84. The number of carboxylic acid groups (broad SMARTS) is 1. The average Bonchev–Trinajstić information content (AvgIpc) is 2.86. The van der Waals surface area contributed by atoms with E-state index in [1.807, 2.05) is 54.6 Å². The Hall–Kier alpha value is -3.87. The standard InChI is InChI=1S/C31H36FNO5/c1-31(2,3)38-30(36)33-27(16-13-25(29(34)35)19-22-9-14-26(32)15-10-22)20-23-11-17-28(18-12-23)37-21-24-7-5-4-6-8-24/h4-12,14-15,17-18,25,27H,13,16,19-21H2,1-3H3,(H,33,36)(H,34,35). The Bertz CT molecular complexity index is 1160. The number of nitrogens with one attached hydrogen (secondary N) is 1. The zero-order valence-electron chi connectivity index (χ0n) is 22.2. The number of carbonyl (C=O) groups is 2. The van der Waals surface area contributed by atoms with Gasteiger partial charge in [-0.3, -0.25) is 4.79 Å². The molecule has 0 saturated heterocycles. The van der Waals surface area contributed by atoms with E-state index in [9.17, 15) is 19.1 Å². The van der Waals surface area contributed by atoms with Crippen molar-refractivity contribution in [2.45, 2.75) is 64.7 Å². The molecule has 0 aliphatic heterocycles. The van der Waals surface area contributed by atoms with Crippen molar-refractivity contribution < 1.29 is 28.6 Å². The van der Waals surface area contributed by atoms with Gasteiger partial charge in [0.15, 0.2) is 0 Å². The van der Waals surface area contributed by atoms with Gasteiger partial charge in [0.2, 0.25) is 0 Å². The van der Waals surface area contributed by atoms with Crippen LogP contribution in [0.2, 0.25) is 0 Å². The van der Waals surface area contributed by atoms with E-state index in [1.54, 1.807) is 32.9 Å². The maximum Gasteiger partial charge on any atom is 0.407 e. The molecule has 3 rings (SSSR count). The van der Waals surface area contributed by atoms with E-state index in [4.69, 9.17) is 9.47 Å². The Balaban J connectivity index is 1.64. The van der Waals surface area contributed by atoms with Crippen LogP contribution in [0, 0.1) is 11.7 Å². The number of aliphatic carboxylic acids is 1. The quantitative estimate of drug-likeness (QED) is 0.282. The van der Waals surface area contributed by atoms with Crippen LogP contribution in [0.5, 0.6) is 5.75 Å². The number of hydrogen-bond acceptors (Lipinski definition) is 4. The zero-order valence-corrected chi connectivity index (χ0v) is 22.2. The smallest absolute Gasteiger partial charge is 0.407 e. The lowest BCUT2D eigenvalue weighted by molar-refractivity contribution is -0.142. The molecule has 6 nitrogen and oxygen atoms in total. The Morgan fingerprint density at radius 2 is 1.45 bits per heavy atom. The second-order valence-electron chi connectivity index (χ2n) is 10.4. The van der Waals surface area contributed by atoms with Gasteiger partial charge < -0.3 is 19.9 Å². The number of rotatable bonds is 12. The van der Waals surface area contributed by atoms with Crippen molar-refractivity contribution in [3.05, 3.63) is 101 Å². The minimum atomic E-state index is -0.926. The first-order valence-electron chi connectivity index (χ1n) is 12.8. The highest BCUT2D eigenvalue weighted by Crippen LogP contribution is 2.20. The summed E-state index contributed by atoms with van der Waals surface area (Å²) in [5, 5.41) is 12.7. The van der Waals surface area contributed by atoms with Crippen molar-refractivity contribution in [3.63, 3.8) is 0 Å². The summed E-state index contributed by atoms with van der Waals surface area (Å²) in [6.07, 6.45) is 1.01. The lowest BCUT2D eigenvalue weighted by atomic mass is 9.91. The normalized spacial score (nSPS) is 12.8. The van der Waals surface area contributed by atoms with Crippen LogP contribution in [0.25, 0.3) is 0 Å². The van der Waals surface area contributed by atoms with Gasteiger partial charge in [-0.05, 0) is 87.4 Å². The van der Waals surface area contributed by atoms with E-state index >= 15 is 0 Å². The van der Waals surface area contributed by atoms with Gasteiger partial charge in [0, 0.05) is 6.04 Å². The molecule has 7 heteroatoms. The van der Waals surface area contributed by atoms with Gasteiger partial charge in [0.25, 0.3) is 0 Å². The van der Waals surface area contributed by atoms with Crippen LogP contribution >= 0.6 is 0 Å². The van der Waals surface area contributed by atoms with E-state index in [0.717, 1.165) is 22.4 Å². The molecule has 0 aromatic heterocycles. The molecule has 0 heterocycles. The Kier molecular flexibility index (Phi) is 10.3. The highest BCUT2D eigenvalue weighted by molar-refractivity contribution is 5.70. The summed E-state index contributed by atoms with van der Waals surface area (Å²) < 4.78 is 24.6. The molecule has 202 valence electrons. The number of ether oxygens (including phenoxy) is 2. The number of amides is 1. The third-order valence-corrected chi connectivity index (χ3v) is 5.98. The van der Waals surface area contributed by atoms with E-state index < -0.39 is 23.6 Å². The predicted molar refractivity (Wildman–Crippen MR) is 145 cm³/mol. The van der Waals surface area contributed by atoms with Gasteiger partial charge in [-0.25, -0.2) is 9.18 Å². The third-order valence-electron chi connectivity index (χ3n) is 5.98. The molecule has 38 heavy (non-hydrogen) atoms. The van der Waals surface area contributed by atoms with E-state index in [0.29, 0.717) is 25.9 Å². The monoisotopic (exact) mass is 521 g/mol. The first-order chi connectivity index (χ1) is 18.1. The van der Waals surface area contributed by atoms with Gasteiger partial charge in [0.05, 0.1) is 5.92 Å². The van der Waals surface area contributed by atoms with Gasteiger partial charge in [0.1, 0.15) is 23.8 Å². The van der Waals surface area contributed by atoms with Crippen LogP contribution in [0.1, 0.15) is 50.3 Å². The first kappa shape index (κ1) is 28.7. The SMILES string of the molecule is CC(C)(C)OC(=O)NC(CCC(Cc1ccc(F)cc1)C(=O)O)Cc1ccc(OCc2ccccc2)cc1. The summed E-state index contributed by atoms with van der Waals surface area (Å²) in [4.78, 5) is 24.5. The molecule has 2 atom stereocenters. The molecule has 2 unspecified atom stereocenters. The second-order valence-corrected chi connectivity index (χ2v) is 10.4. The van der Waals surface area contributed by atoms with Crippen molar-refractivity contribution in [2.24, 2.45) is 5.92 Å². The summed E-state index contributed by atoms with van der Waals surface area (Å²) in [5.74, 6) is -1.22. The van der Waals surface area contributed by atoms with E-state index in [2.05, 4.69) is 5.32 Å². The summed E-state index contributed by atoms with van der Waals surface area (Å²) in [6, 6.07) is 23.1. The molecule has 3 aromatic carbocycles. The molecule has 0 aliphatic rings. The van der Waals surface area contributed by atoms with E-state index in [1.165, 1.54) is 12.1 Å². The molecule has 2 N–H and O–H groups in total. The largest absolute Gasteiger partial charge is 0.489 e. The highest BCUT2D eigenvalue weighted by Gasteiger charge is 2.24. The van der Waals surface area contributed by atoms with Crippen LogP contribution in [-0.2, 0) is 29.0 Å². The highest BCUT2D eigenvalue weighted by atomic mass is 19.1. The van der Waals surface area contributed by atoms with Crippen LogP contribution in [0.3, 0.4) is 0 Å². The molecule has 0 bridgehead atoms. The van der Waals surface area contributed by atoms with E-state index in [-0.39, 0.29) is 18.3 Å². The van der Waals surface area contributed by atoms with Crippen molar-refractivity contribution in [3.8, 4) is 5.75 Å². The minimum absolute atomic E-state index is 0.280. The van der Waals surface area contributed by atoms with Gasteiger partial charge in [-0.1, -0.05) is 54.6 Å².